The molecule has 108 valence electrons. The zero-order valence-corrected chi connectivity index (χ0v) is 12.9. The van der Waals surface area contributed by atoms with Crippen molar-refractivity contribution in [2.75, 3.05) is 0 Å². The maximum absolute atomic E-state index is 11.4. The van der Waals surface area contributed by atoms with E-state index in [0.29, 0.717) is 11.6 Å². The average Bonchev–Trinajstić information content (AvgIpc) is 2.47. The number of aromatic nitrogens is 1. The molecule has 0 atom stereocenters. The first-order valence-corrected chi connectivity index (χ1v) is 7.11. The molecule has 1 aromatic carbocycles. The van der Waals surface area contributed by atoms with Crippen molar-refractivity contribution in [2.24, 2.45) is 4.99 Å². The summed E-state index contributed by atoms with van der Waals surface area (Å²) < 4.78 is 0. The van der Waals surface area contributed by atoms with Crippen LogP contribution in [0.3, 0.4) is 0 Å². The molecule has 21 heavy (non-hydrogen) atoms. The average molecular weight is 280 g/mol. The van der Waals surface area contributed by atoms with Gasteiger partial charge in [0.05, 0.1) is 17.1 Å². The number of hydrogen-bond acceptors (Lipinski definition) is 3. The van der Waals surface area contributed by atoms with Crippen molar-refractivity contribution in [1.29, 1.82) is 0 Å². The van der Waals surface area contributed by atoms with Gasteiger partial charge in [-0.3, -0.25) is 9.79 Å². The Labute approximate surface area is 125 Å². The van der Waals surface area contributed by atoms with Crippen LogP contribution in [0, 0.1) is 0 Å². The monoisotopic (exact) mass is 280 g/mol. The Morgan fingerprint density at radius 1 is 1.00 bits per heavy atom. The third kappa shape index (κ3) is 3.63. The first kappa shape index (κ1) is 15.1. The molecule has 0 saturated carbocycles. The van der Waals surface area contributed by atoms with Crippen LogP contribution in [0.25, 0.3) is 0 Å². The van der Waals surface area contributed by atoms with E-state index in [9.17, 15) is 4.79 Å². The summed E-state index contributed by atoms with van der Waals surface area (Å²) >= 11 is 0. The lowest BCUT2D eigenvalue weighted by Gasteiger charge is -2.10. The standard InChI is InChI=1S/C18H20N2O/c1-12(2)15-8-5-6-9-18(15)19-13(3)16-10-7-11-17(20-16)14(4)21/h5-12H,1-4H3. The minimum absolute atomic E-state index is 0.0350. The topological polar surface area (TPSA) is 42.3 Å². The fraction of sp³-hybridized carbons (Fsp3) is 0.278. The number of ketones is 1. The molecule has 0 aliphatic carbocycles. The van der Waals surface area contributed by atoms with Gasteiger partial charge in [-0.1, -0.05) is 38.1 Å². The van der Waals surface area contributed by atoms with E-state index in [1.54, 1.807) is 6.07 Å². The van der Waals surface area contributed by atoms with Crippen LogP contribution in [-0.4, -0.2) is 16.5 Å². The Bertz CT molecular complexity index is 687. The van der Waals surface area contributed by atoms with Crippen LogP contribution in [0.2, 0.25) is 0 Å². The molecule has 0 saturated heterocycles. The van der Waals surface area contributed by atoms with Gasteiger partial charge in [0.2, 0.25) is 0 Å². The molecule has 0 N–H and O–H groups in total. The summed E-state index contributed by atoms with van der Waals surface area (Å²) in [7, 11) is 0. The van der Waals surface area contributed by atoms with Gasteiger partial charge in [0.1, 0.15) is 5.69 Å². The lowest BCUT2D eigenvalue weighted by Crippen LogP contribution is -2.04. The number of nitrogens with zero attached hydrogens (tertiary/aromatic N) is 2. The van der Waals surface area contributed by atoms with Crippen LogP contribution < -0.4 is 0 Å². The highest BCUT2D eigenvalue weighted by atomic mass is 16.1. The Kier molecular flexibility index (Phi) is 4.63. The van der Waals surface area contributed by atoms with Crippen molar-refractivity contribution < 1.29 is 4.79 Å². The zero-order chi connectivity index (χ0) is 15.4. The first-order valence-electron chi connectivity index (χ1n) is 7.11. The summed E-state index contributed by atoms with van der Waals surface area (Å²) in [4.78, 5) is 20.5. The van der Waals surface area contributed by atoms with Crippen LogP contribution in [0.1, 0.15) is 55.4 Å². The van der Waals surface area contributed by atoms with E-state index in [4.69, 9.17) is 4.99 Å². The maximum Gasteiger partial charge on any atom is 0.178 e. The molecule has 0 fully saturated rings. The van der Waals surface area contributed by atoms with Gasteiger partial charge in [-0.15, -0.1) is 0 Å². The molecule has 0 amide bonds. The highest BCUT2D eigenvalue weighted by Gasteiger charge is 2.08. The molecule has 0 aliphatic rings. The molecular formula is C18H20N2O. The van der Waals surface area contributed by atoms with Gasteiger partial charge >= 0.3 is 0 Å². The van der Waals surface area contributed by atoms with Crippen molar-refractivity contribution in [3.8, 4) is 0 Å². The second-order valence-electron chi connectivity index (χ2n) is 5.37. The summed E-state index contributed by atoms with van der Waals surface area (Å²) in [5, 5.41) is 0. The van der Waals surface area contributed by atoms with Crippen molar-refractivity contribution >= 4 is 17.2 Å². The van der Waals surface area contributed by atoms with Crippen molar-refractivity contribution in [1.82, 2.24) is 4.98 Å². The Balaban J connectivity index is 2.42. The van der Waals surface area contributed by atoms with Crippen molar-refractivity contribution in [3.05, 3.63) is 59.4 Å². The molecule has 3 heteroatoms. The number of carbonyl (C=O) groups excluding carboxylic acids is 1. The summed E-state index contributed by atoms with van der Waals surface area (Å²) in [6.07, 6.45) is 0. The van der Waals surface area contributed by atoms with E-state index in [-0.39, 0.29) is 5.78 Å². The van der Waals surface area contributed by atoms with Gasteiger partial charge in [0.15, 0.2) is 5.78 Å². The summed E-state index contributed by atoms with van der Waals surface area (Å²) in [5.41, 5.74) is 4.19. The normalized spacial score (nSPS) is 11.8. The van der Waals surface area contributed by atoms with Crippen LogP contribution >= 0.6 is 0 Å². The number of carbonyl (C=O) groups is 1. The Morgan fingerprint density at radius 2 is 1.67 bits per heavy atom. The maximum atomic E-state index is 11.4. The van der Waals surface area contributed by atoms with E-state index < -0.39 is 0 Å². The number of rotatable bonds is 4. The van der Waals surface area contributed by atoms with Gasteiger partial charge in [0, 0.05) is 6.92 Å². The van der Waals surface area contributed by atoms with E-state index in [0.717, 1.165) is 17.1 Å². The fourth-order valence-corrected chi connectivity index (χ4v) is 2.15. The molecule has 0 radical (unpaired) electrons. The molecular weight excluding hydrogens is 260 g/mol. The molecule has 0 aliphatic heterocycles. The van der Waals surface area contributed by atoms with Gasteiger partial charge in [-0.25, -0.2) is 4.98 Å². The third-order valence-electron chi connectivity index (χ3n) is 3.33. The van der Waals surface area contributed by atoms with E-state index >= 15 is 0 Å². The molecule has 1 heterocycles. The SMILES string of the molecule is CC(=O)c1cccc(C(C)=Nc2ccccc2C(C)C)n1. The largest absolute Gasteiger partial charge is 0.293 e. The van der Waals surface area contributed by atoms with E-state index in [1.165, 1.54) is 12.5 Å². The van der Waals surface area contributed by atoms with Gasteiger partial charge < -0.3 is 0 Å². The molecule has 2 aromatic rings. The number of pyridine rings is 1. The lowest BCUT2D eigenvalue weighted by molar-refractivity contribution is 0.101. The zero-order valence-electron chi connectivity index (χ0n) is 12.9. The van der Waals surface area contributed by atoms with Gasteiger partial charge in [0.25, 0.3) is 0 Å². The van der Waals surface area contributed by atoms with Gasteiger partial charge in [-0.05, 0) is 36.6 Å². The smallest absolute Gasteiger partial charge is 0.178 e. The molecule has 0 unspecified atom stereocenters. The molecule has 0 spiro atoms. The quantitative estimate of drug-likeness (QED) is 0.609. The van der Waals surface area contributed by atoms with Crippen LogP contribution in [0.15, 0.2) is 47.5 Å². The van der Waals surface area contributed by atoms with Crippen LogP contribution in [0.4, 0.5) is 5.69 Å². The number of hydrogen-bond donors (Lipinski definition) is 0. The van der Waals surface area contributed by atoms with Crippen molar-refractivity contribution in [2.45, 2.75) is 33.6 Å². The summed E-state index contributed by atoms with van der Waals surface area (Å²) in [6.45, 7) is 7.74. The van der Waals surface area contributed by atoms with E-state index in [1.807, 2.05) is 37.3 Å². The molecule has 0 bridgehead atoms. The fourth-order valence-electron chi connectivity index (χ4n) is 2.15. The Hall–Kier alpha value is -2.29. The predicted molar refractivity (Wildman–Crippen MR) is 86.6 cm³/mol. The van der Waals surface area contributed by atoms with Crippen LogP contribution in [-0.2, 0) is 0 Å². The second kappa shape index (κ2) is 6.44. The minimum atomic E-state index is -0.0350. The summed E-state index contributed by atoms with van der Waals surface area (Å²) in [5.74, 6) is 0.376. The highest BCUT2D eigenvalue weighted by Crippen LogP contribution is 2.26. The number of para-hydroxylation sites is 1. The third-order valence-corrected chi connectivity index (χ3v) is 3.33. The molecule has 2 rings (SSSR count). The highest BCUT2D eigenvalue weighted by molar-refractivity contribution is 6.00. The Morgan fingerprint density at radius 3 is 2.33 bits per heavy atom. The van der Waals surface area contributed by atoms with Crippen molar-refractivity contribution in [3.63, 3.8) is 0 Å². The lowest BCUT2D eigenvalue weighted by atomic mass is 10.0. The number of aliphatic imine (C=N–C) groups is 1. The van der Waals surface area contributed by atoms with Crippen LogP contribution in [0.5, 0.6) is 0 Å². The molecule has 3 nitrogen and oxygen atoms in total. The second-order valence-corrected chi connectivity index (χ2v) is 5.37. The summed E-state index contributed by atoms with van der Waals surface area (Å²) in [6, 6.07) is 13.6. The first-order chi connectivity index (χ1) is 9.99. The molecule has 1 aromatic heterocycles. The van der Waals surface area contributed by atoms with E-state index in [2.05, 4.69) is 24.9 Å². The number of benzene rings is 1. The minimum Gasteiger partial charge on any atom is -0.293 e. The van der Waals surface area contributed by atoms with Gasteiger partial charge in [-0.2, -0.15) is 0 Å². The number of Topliss-reactive ketones (excluding diaryl/α,β-unsaturated/α-hetero) is 1. The predicted octanol–water partition coefficient (Wildman–Crippen LogP) is 4.55.